The number of hydrogen-bond acceptors (Lipinski definition) is 6. The monoisotopic (exact) mass is 302 g/mol. The predicted octanol–water partition coefficient (Wildman–Crippen LogP) is -4.05. The standard InChI is InChI=1S/C9H16N2O6S.Na/c1-7(2)8(12)17-5-3-10-9(13)11-4-6-18(14,15)16;/h1,3-6H2,2H3,(H2,10,11,13)(H,14,15,16);/q;+1/p-1. The fourth-order valence-electron chi connectivity index (χ4n) is 0.784. The molecule has 10 heteroatoms. The topological polar surface area (TPSA) is 125 Å². The van der Waals surface area contributed by atoms with Gasteiger partial charge in [-0.3, -0.25) is 0 Å². The molecule has 0 saturated carbocycles. The zero-order valence-corrected chi connectivity index (χ0v) is 13.7. The number of amides is 2. The van der Waals surface area contributed by atoms with Crippen LogP contribution in [0.5, 0.6) is 0 Å². The zero-order chi connectivity index (χ0) is 14.2. The fourth-order valence-corrected chi connectivity index (χ4v) is 1.14. The van der Waals surface area contributed by atoms with Gasteiger partial charge in [0.15, 0.2) is 0 Å². The normalized spacial score (nSPS) is 10.0. The summed E-state index contributed by atoms with van der Waals surface area (Å²) < 4.78 is 35.3. The zero-order valence-electron chi connectivity index (χ0n) is 10.9. The van der Waals surface area contributed by atoms with Crippen molar-refractivity contribution in [1.82, 2.24) is 10.6 Å². The van der Waals surface area contributed by atoms with Gasteiger partial charge in [-0.25, -0.2) is 18.0 Å². The maximum Gasteiger partial charge on any atom is 1.00 e. The van der Waals surface area contributed by atoms with E-state index in [1.165, 1.54) is 6.92 Å². The summed E-state index contributed by atoms with van der Waals surface area (Å²) in [5.74, 6) is -1.24. The van der Waals surface area contributed by atoms with Crippen molar-refractivity contribution in [3.63, 3.8) is 0 Å². The van der Waals surface area contributed by atoms with Crippen LogP contribution in [-0.2, 0) is 19.6 Å². The molecule has 0 unspecified atom stereocenters. The first-order valence-corrected chi connectivity index (χ1v) is 6.58. The molecule has 0 rings (SSSR count). The van der Waals surface area contributed by atoms with E-state index in [9.17, 15) is 22.6 Å². The molecule has 8 nitrogen and oxygen atoms in total. The third-order valence-corrected chi connectivity index (χ3v) is 2.31. The van der Waals surface area contributed by atoms with Crippen molar-refractivity contribution in [2.45, 2.75) is 6.92 Å². The smallest absolute Gasteiger partial charge is 0.748 e. The molecule has 0 aliphatic rings. The van der Waals surface area contributed by atoms with Crippen molar-refractivity contribution >= 4 is 22.1 Å². The van der Waals surface area contributed by atoms with Crippen LogP contribution in [0.25, 0.3) is 0 Å². The van der Waals surface area contributed by atoms with Gasteiger partial charge < -0.3 is 19.9 Å². The molecule has 104 valence electrons. The maximum absolute atomic E-state index is 11.0. The van der Waals surface area contributed by atoms with E-state index >= 15 is 0 Å². The van der Waals surface area contributed by atoms with Crippen LogP contribution in [0.3, 0.4) is 0 Å². The minimum absolute atomic E-state index is 0. The molecule has 0 aromatic heterocycles. The van der Waals surface area contributed by atoms with Crippen molar-refractivity contribution in [2.75, 3.05) is 25.4 Å². The molecule has 0 aliphatic carbocycles. The third-order valence-electron chi connectivity index (χ3n) is 1.61. The van der Waals surface area contributed by atoms with Gasteiger partial charge in [0.1, 0.15) is 6.61 Å². The van der Waals surface area contributed by atoms with Gasteiger partial charge in [0.25, 0.3) is 0 Å². The van der Waals surface area contributed by atoms with Crippen LogP contribution in [0.2, 0.25) is 0 Å². The Labute approximate surface area is 134 Å². The second kappa shape index (κ2) is 10.2. The Kier molecular flexibility index (Phi) is 11.1. The average molecular weight is 302 g/mol. The molecule has 0 saturated heterocycles. The molecule has 0 spiro atoms. The van der Waals surface area contributed by atoms with Crippen molar-refractivity contribution in [3.8, 4) is 0 Å². The van der Waals surface area contributed by atoms with E-state index in [4.69, 9.17) is 0 Å². The molecular weight excluding hydrogens is 287 g/mol. The van der Waals surface area contributed by atoms with E-state index in [2.05, 4.69) is 21.9 Å². The van der Waals surface area contributed by atoms with Gasteiger partial charge in [0.05, 0.1) is 22.4 Å². The Morgan fingerprint density at radius 1 is 1.26 bits per heavy atom. The van der Waals surface area contributed by atoms with Gasteiger partial charge in [-0.1, -0.05) is 6.58 Å². The maximum atomic E-state index is 11.0. The van der Waals surface area contributed by atoms with Crippen LogP contribution in [0, 0.1) is 0 Å². The van der Waals surface area contributed by atoms with Crippen molar-refractivity contribution in [2.24, 2.45) is 0 Å². The van der Waals surface area contributed by atoms with Gasteiger partial charge in [-0.15, -0.1) is 0 Å². The molecule has 0 aromatic rings. The summed E-state index contributed by atoms with van der Waals surface area (Å²) in [6.45, 7) is 4.62. The second-order valence-corrected chi connectivity index (χ2v) is 4.88. The summed E-state index contributed by atoms with van der Waals surface area (Å²) in [6.07, 6.45) is 0. The van der Waals surface area contributed by atoms with E-state index < -0.39 is 27.9 Å². The van der Waals surface area contributed by atoms with Crippen molar-refractivity contribution in [3.05, 3.63) is 12.2 Å². The van der Waals surface area contributed by atoms with Gasteiger partial charge in [0, 0.05) is 12.1 Å². The second-order valence-electron chi connectivity index (χ2n) is 3.36. The summed E-state index contributed by atoms with van der Waals surface area (Å²) >= 11 is 0. The number of hydrogen-bond donors (Lipinski definition) is 2. The van der Waals surface area contributed by atoms with Crippen LogP contribution < -0.4 is 40.2 Å². The fraction of sp³-hybridized carbons (Fsp3) is 0.556. The molecule has 0 radical (unpaired) electrons. The van der Waals surface area contributed by atoms with Crippen LogP contribution in [0.15, 0.2) is 12.2 Å². The van der Waals surface area contributed by atoms with E-state index in [0.29, 0.717) is 0 Å². The van der Waals surface area contributed by atoms with Crippen LogP contribution in [-0.4, -0.2) is 50.4 Å². The van der Waals surface area contributed by atoms with Crippen molar-refractivity contribution < 1.29 is 56.9 Å². The predicted molar refractivity (Wildman–Crippen MR) is 61.7 cm³/mol. The Balaban J connectivity index is 0. The summed E-state index contributed by atoms with van der Waals surface area (Å²) in [5, 5.41) is 4.47. The molecule has 0 bridgehead atoms. The Hall–Kier alpha value is -0.610. The van der Waals surface area contributed by atoms with Gasteiger partial charge in [-0.2, -0.15) is 0 Å². The van der Waals surface area contributed by atoms with Crippen LogP contribution in [0.1, 0.15) is 6.92 Å². The average Bonchev–Trinajstić information content (AvgIpc) is 2.22. The Morgan fingerprint density at radius 3 is 2.26 bits per heavy atom. The van der Waals surface area contributed by atoms with Crippen LogP contribution in [0.4, 0.5) is 4.79 Å². The number of urea groups is 1. The summed E-state index contributed by atoms with van der Waals surface area (Å²) in [4.78, 5) is 21.9. The van der Waals surface area contributed by atoms with Gasteiger partial charge >= 0.3 is 41.6 Å². The van der Waals surface area contributed by atoms with Gasteiger partial charge in [0.2, 0.25) is 0 Å². The van der Waals surface area contributed by atoms with E-state index in [1.807, 2.05) is 0 Å². The molecular formula is C9H15N2NaO6S. The van der Waals surface area contributed by atoms with Gasteiger partial charge in [-0.05, 0) is 6.92 Å². The first-order valence-electron chi connectivity index (χ1n) is 5.00. The molecule has 0 aromatic carbocycles. The molecule has 0 heterocycles. The number of carbonyl (C=O) groups is 2. The largest absolute Gasteiger partial charge is 1.00 e. The first kappa shape index (κ1) is 20.7. The van der Waals surface area contributed by atoms with E-state index in [1.54, 1.807) is 0 Å². The van der Waals surface area contributed by atoms with E-state index in [0.717, 1.165) is 0 Å². The quantitative estimate of drug-likeness (QED) is 0.162. The number of ether oxygens (including phenoxy) is 1. The van der Waals surface area contributed by atoms with E-state index in [-0.39, 0.29) is 54.8 Å². The molecule has 19 heavy (non-hydrogen) atoms. The van der Waals surface area contributed by atoms with Crippen molar-refractivity contribution in [1.29, 1.82) is 0 Å². The summed E-state index contributed by atoms with van der Waals surface area (Å²) in [7, 11) is -4.34. The number of rotatable bonds is 7. The molecule has 0 aliphatic heterocycles. The molecule has 2 N–H and O–H groups in total. The Bertz CT molecular complexity index is 422. The minimum Gasteiger partial charge on any atom is -0.748 e. The Morgan fingerprint density at radius 2 is 1.79 bits per heavy atom. The summed E-state index contributed by atoms with van der Waals surface area (Å²) in [6, 6.07) is -0.648. The third kappa shape index (κ3) is 13.6. The first-order chi connectivity index (χ1) is 8.22. The number of nitrogens with one attached hydrogen (secondary N) is 2. The number of carbonyl (C=O) groups excluding carboxylic acids is 2. The SMILES string of the molecule is C=C(C)C(=O)OCCNC(=O)NCCS(=O)(=O)[O-].[Na+]. The number of esters is 1. The van der Waals surface area contributed by atoms with Crippen LogP contribution >= 0.6 is 0 Å². The molecule has 2 amide bonds. The molecule has 0 fully saturated rings. The molecule has 0 atom stereocenters. The minimum atomic E-state index is -4.34. The summed E-state index contributed by atoms with van der Waals surface area (Å²) in [5.41, 5.74) is 0.250.